The van der Waals surface area contributed by atoms with Gasteiger partial charge < -0.3 is 15.0 Å². The SMILES string of the molecule is COc1ccc(N2CCN(Cc3ccc(C(=O)NCc4cccc(C)c4)cc3)CC2)cc1. The number of rotatable bonds is 7. The van der Waals surface area contributed by atoms with Crippen LogP contribution in [0.25, 0.3) is 0 Å². The Morgan fingerprint density at radius 2 is 1.62 bits per heavy atom. The Bertz CT molecular complexity index is 1020. The smallest absolute Gasteiger partial charge is 0.251 e. The van der Waals surface area contributed by atoms with Crippen molar-refractivity contribution in [3.05, 3.63) is 95.1 Å². The second-order valence-electron chi connectivity index (χ2n) is 8.33. The van der Waals surface area contributed by atoms with Crippen LogP contribution >= 0.6 is 0 Å². The Morgan fingerprint density at radius 3 is 2.28 bits per heavy atom. The van der Waals surface area contributed by atoms with E-state index in [1.165, 1.54) is 16.8 Å². The van der Waals surface area contributed by atoms with Crippen LogP contribution in [-0.2, 0) is 13.1 Å². The molecule has 0 aromatic heterocycles. The maximum Gasteiger partial charge on any atom is 0.251 e. The van der Waals surface area contributed by atoms with Crippen molar-refractivity contribution < 1.29 is 9.53 Å². The largest absolute Gasteiger partial charge is 0.497 e. The first-order valence-electron chi connectivity index (χ1n) is 11.1. The van der Waals surface area contributed by atoms with Gasteiger partial charge in [0.05, 0.1) is 7.11 Å². The summed E-state index contributed by atoms with van der Waals surface area (Å²) in [7, 11) is 1.69. The van der Waals surface area contributed by atoms with Gasteiger partial charge in [-0.3, -0.25) is 9.69 Å². The highest BCUT2D eigenvalue weighted by atomic mass is 16.5. The molecule has 4 rings (SSSR count). The van der Waals surface area contributed by atoms with Gasteiger partial charge in [-0.05, 0) is 54.4 Å². The van der Waals surface area contributed by atoms with E-state index in [1.54, 1.807) is 7.11 Å². The van der Waals surface area contributed by atoms with E-state index in [0.29, 0.717) is 12.1 Å². The number of ether oxygens (including phenoxy) is 1. The minimum atomic E-state index is -0.0360. The highest BCUT2D eigenvalue weighted by Crippen LogP contribution is 2.21. The molecule has 1 amide bonds. The van der Waals surface area contributed by atoms with E-state index in [2.05, 4.69) is 58.4 Å². The summed E-state index contributed by atoms with van der Waals surface area (Å²) in [6.07, 6.45) is 0. The van der Waals surface area contributed by atoms with Gasteiger partial charge in [0.25, 0.3) is 5.91 Å². The van der Waals surface area contributed by atoms with Gasteiger partial charge in [-0.25, -0.2) is 0 Å². The molecule has 1 aliphatic heterocycles. The Hall–Kier alpha value is -3.31. The lowest BCUT2D eigenvalue weighted by Crippen LogP contribution is -2.45. The van der Waals surface area contributed by atoms with Gasteiger partial charge in [-0.1, -0.05) is 42.0 Å². The quantitative estimate of drug-likeness (QED) is 0.610. The van der Waals surface area contributed by atoms with E-state index in [0.717, 1.165) is 44.0 Å². The van der Waals surface area contributed by atoms with Gasteiger partial charge in [-0.15, -0.1) is 0 Å². The average molecular weight is 430 g/mol. The number of nitrogens with zero attached hydrogens (tertiary/aromatic N) is 2. The van der Waals surface area contributed by atoms with E-state index in [-0.39, 0.29) is 5.91 Å². The number of anilines is 1. The Morgan fingerprint density at radius 1 is 0.906 bits per heavy atom. The number of piperazine rings is 1. The molecule has 166 valence electrons. The van der Waals surface area contributed by atoms with Crippen LogP contribution in [0.3, 0.4) is 0 Å². The highest BCUT2D eigenvalue weighted by Gasteiger charge is 2.17. The van der Waals surface area contributed by atoms with Gasteiger partial charge in [0.1, 0.15) is 5.75 Å². The fourth-order valence-corrected chi connectivity index (χ4v) is 4.08. The summed E-state index contributed by atoms with van der Waals surface area (Å²) in [5.74, 6) is 0.853. The molecule has 1 N–H and O–H groups in total. The first-order valence-corrected chi connectivity index (χ1v) is 11.1. The number of carbonyl (C=O) groups is 1. The van der Waals surface area contributed by atoms with Crippen molar-refractivity contribution in [2.24, 2.45) is 0 Å². The molecule has 5 heteroatoms. The molecule has 3 aromatic rings. The summed E-state index contributed by atoms with van der Waals surface area (Å²) >= 11 is 0. The van der Waals surface area contributed by atoms with Crippen molar-refractivity contribution in [1.82, 2.24) is 10.2 Å². The van der Waals surface area contributed by atoms with Crippen LogP contribution in [0.1, 0.15) is 27.0 Å². The first kappa shape index (κ1) is 21.9. The number of methoxy groups -OCH3 is 1. The summed E-state index contributed by atoms with van der Waals surface area (Å²) in [5.41, 5.74) is 5.49. The average Bonchev–Trinajstić information content (AvgIpc) is 2.84. The molecule has 0 saturated carbocycles. The van der Waals surface area contributed by atoms with Gasteiger partial charge >= 0.3 is 0 Å². The second-order valence-corrected chi connectivity index (χ2v) is 8.33. The minimum Gasteiger partial charge on any atom is -0.497 e. The fraction of sp³-hybridized carbons (Fsp3) is 0.296. The van der Waals surface area contributed by atoms with Crippen molar-refractivity contribution in [2.45, 2.75) is 20.0 Å². The lowest BCUT2D eigenvalue weighted by Gasteiger charge is -2.36. The molecule has 0 spiro atoms. The van der Waals surface area contributed by atoms with Crippen molar-refractivity contribution in [3.63, 3.8) is 0 Å². The number of hydrogen-bond acceptors (Lipinski definition) is 4. The highest BCUT2D eigenvalue weighted by molar-refractivity contribution is 5.94. The molecule has 1 saturated heterocycles. The molecule has 0 radical (unpaired) electrons. The summed E-state index contributed by atoms with van der Waals surface area (Å²) < 4.78 is 5.25. The molecule has 0 unspecified atom stereocenters. The topological polar surface area (TPSA) is 44.8 Å². The molecule has 3 aromatic carbocycles. The summed E-state index contributed by atoms with van der Waals surface area (Å²) in [5, 5.41) is 3.01. The number of aryl methyl sites for hydroxylation is 1. The van der Waals surface area contributed by atoms with Crippen LogP contribution in [0, 0.1) is 6.92 Å². The second kappa shape index (κ2) is 10.3. The molecular formula is C27H31N3O2. The zero-order chi connectivity index (χ0) is 22.3. The standard InChI is InChI=1S/C27H31N3O2/c1-21-4-3-5-23(18-21)19-28-27(31)24-8-6-22(7-9-24)20-29-14-16-30(17-15-29)25-10-12-26(32-2)13-11-25/h3-13,18H,14-17,19-20H2,1-2H3,(H,28,31). The maximum absolute atomic E-state index is 12.5. The molecule has 1 fully saturated rings. The van der Waals surface area contributed by atoms with Gasteiger partial charge in [0.15, 0.2) is 0 Å². The summed E-state index contributed by atoms with van der Waals surface area (Å²) in [4.78, 5) is 17.4. The normalized spacial score (nSPS) is 14.2. The number of carbonyl (C=O) groups excluding carboxylic acids is 1. The lowest BCUT2D eigenvalue weighted by molar-refractivity contribution is 0.0951. The van der Waals surface area contributed by atoms with Crippen LogP contribution in [0.15, 0.2) is 72.8 Å². The number of nitrogens with one attached hydrogen (secondary N) is 1. The van der Waals surface area contributed by atoms with Gasteiger partial charge in [0, 0.05) is 50.5 Å². The van der Waals surface area contributed by atoms with Gasteiger partial charge in [-0.2, -0.15) is 0 Å². The maximum atomic E-state index is 12.5. The van der Waals surface area contributed by atoms with E-state index in [1.807, 2.05) is 36.4 Å². The van der Waals surface area contributed by atoms with E-state index in [9.17, 15) is 4.79 Å². The van der Waals surface area contributed by atoms with Gasteiger partial charge in [0.2, 0.25) is 0 Å². The first-order chi connectivity index (χ1) is 15.6. The Labute approximate surface area is 190 Å². The van der Waals surface area contributed by atoms with Crippen LogP contribution in [-0.4, -0.2) is 44.1 Å². The molecular weight excluding hydrogens is 398 g/mol. The molecule has 1 aliphatic rings. The van der Waals surface area contributed by atoms with E-state index >= 15 is 0 Å². The third-order valence-corrected chi connectivity index (χ3v) is 5.97. The summed E-state index contributed by atoms with van der Waals surface area (Å²) in [6.45, 7) is 7.55. The third kappa shape index (κ3) is 5.68. The molecule has 0 atom stereocenters. The number of benzene rings is 3. The number of hydrogen-bond donors (Lipinski definition) is 1. The van der Waals surface area contributed by atoms with Crippen LogP contribution < -0.4 is 15.0 Å². The lowest BCUT2D eigenvalue weighted by atomic mass is 10.1. The van der Waals surface area contributed by atoms with Crippen molar-refractivity contribution in [1.29, 1.82) is 0 Å². The fourth-order valence-electron chi connectivity index (χ4n) is 4.08. The van der Waals surface area contributed by atoms with E-state index in [4.69, 9.17) is 4.74 Å². The predicted molar refractivity (Wildman–Crippen MR) is 129 cm³/mol. The predicted octanol–water partition coefficient (Wildman–Crippen LogP) is 4.26. The summed E-state index contributed by atoms with van der Waals surface area (Å²) in [6, 6.07) is 24.5. The minimum absolute atomic E-state index is 0.0360. The van der Waals surface area contributed by atoms with Crippen molar-refractivity contribution >= 4 is 11.6 Å². The van der Waals surface area contributed by atoms with E-state index < -0.39 is 0 Å². The zero-order valence-electron chi connectivity index (χ0n) is 18.9. The zero-order valence-corrected chi connectivity index (χ0v) is 18.9. The molecule has 5 nitrogen and oxygen atoms in total. The van der Waals surface area contributed by atoms with Crippen LogP contribution in [0.2, 0.25) is 0 Å². The third-order valence-electron chi connectivity index (χ3n) is 5.97. The Balaban J connectivity index is 1.25. The number of amides is 1. The molecule has 0 bridgehead atoms. The Kier molecular flexibility index (Phi) is 7.07. The molecule has 1 heterocycles. The monoisotopic (exact) mass is 429 g/mol. The molecule has 0 aliphatic carbocycles. The molecule has 32 heavy (non-hydrogen) atoms. The van der Waals surface area contributed by atoms with Crippen molar-refractivity contribution in [2.75, 3.05) is 38.2 Å². The van der Waals surface area contributed by atoms with Crippen LogP contribution in [0.5, 0.6) is 5.75 Å². The van der Waals surface area contributed by atoms with Crippen molar-refractivity contribution in [3.8, 4) is 5.75 Å². The van der Waals surface area contributed by atoms with Crippen LogP contribution in [0.4, 0.5) is 5.69 Å².